The van der Waals surface area contributed by atoms with Crippen LogP contribution in [0.2, 0.25) is 0 Å². The van der Waals surface area contributed by atoms with Crippen molar-refractivity contribution >= 4 is 17.2 Å². The van der Waals surface area contributed by atoms with Crippen LogP contribution in [0.1, 0.15) is 28.2 Å². The third kappa shape index (κ3) is 3.03. The molecule has 1 unspecified atom stereocenters. The number of benzene rings is 1. The van der Waals surface area contributed by atoms with Gasteiger partial charge in [-0.05, 0) is 44.0 Å². The number of carbonyl (C=O) groups is 1. The number of aryl methyl sites for hydroxylation is 1. The molecular formula is C16H17FN2O2S. The molecule has 0 aliphatic carbocycles. The second-order valence-electron chi connectivity index (χ2n) is 5.49. The zero-order valence-corrected chi connectivity index (χ0v) is 13.1. The second kappa shape index (κ2) is 6.14. The molecule has 1 aromatic heterocycles. The molecule has 0 spiro atoms. The fourth-order valence-corrected chi connectivity index (χ4v) is 3.63. The van der Waals surface area contributed by atoms with Crippen molar-refractivity contribution < 1.29 is 14.3 Å². The Hall–Kier alpha value is -1.79. The van der Waals surface area contributed by atoms with Gasteiger partial charge in [0, 0.05) is 18.7 Å². The number of aliphatic hydroxyl groups excluding tert-OH is 1. The Morgan fingerprint density at radius 3 is 2.82 bits per heavy atom. The van der Waals surface area contributed by atoms with Gasteiger partial charge in [0.2, 0.25) is 0 Å². The van der Waals surface area contributed by atoms with Gasteiger partial charge >= 0.3 is 0 Å². The number of rotatable bonds is 2. The third-order valence-electron chi connectivity index (χ3n) is 3.77. The van der Waals surface area contributed by atoms with Gasteiger partial charge < -0.3 is 10.0 Å². The number of hydrogen-bond donors (Lipinski definition) is 1. The van der Waals surface area contributed by atoms with Crippen LogP contribution >= 0.6 is 11.3 Å². The summed E-state index contributed by atoms with van der Waals surface area (Å²) in [4.78, 5) is 19.3. The first-order valence-electron chi connectivity index (χ1n) is 7.25. The van der Waals surface area contributed by atoms with Crippen molar-refractivity contribution in [1.82, 2.24) is 9.88 Å². The van der Waals surface area contributed by atoms with Gasteiger partial charge in [0.15, 0.2) is 0 Å². The van der Waals surface area contributed by atoms with Crippen molar-refractivity contribution in [3.05, 3.63) is 40.7 Å². The molecule has 1 saturated heterocycles. The highest BCUT2D eigenvalue weighted by molar-refractivity contribution is 7.17. The maximum Gasteiger partial charge on any atom is 0.265 e. The van der Waals surface area contributed by atoms with E-state index >= 15 is 0 Å². The van der Waals surface area contributed by atoms with Crippen LogP contribution < -0.4 is 0 Å². The summed E-state index contributed by atoms with van der Waals surface area (Å²) in [7, 11) is 0. The van der Waals surface area contributed by atoms with Crippen LogP contribution in [-0.2, 0) is 0 Å². The van der Waals surface area contributed by atoms with Crippen LogP contribution in [0.15, 0.2) is 24.3 Å². The molecule has 2 heterocycles. The van der Waals surface area contributed by atoms with Gasteiger partial charge in [-0.2, -0.15) is 0 Å². The number of halogens is 1. The number of piperidine rings is 1. The number of likely N-dealkylation sites (tertiary alicyclic amines) is 1. The first-order chi connectivity index (χ1) is 10.5. The van der Waals surface area contributed by atoms with Crippen LogP contribution in [0.3, 0.4) is 0 Å². The number of aliphatic hydroxyl groups is 1. The lowest BCUT2D eigenvalue weighted by Crippen LogP contribution is -2.42. The average Bonchev–Trinajstić information content (AvgIpc) is 2.89. The highest BCUT2D eigenvalue weighted by Gasteiger charge is 2.26. The van der Waals surface area contributed by atoms with Crippen molar-refractivity contribution in [3.8, 4) is 10.6 Å². The van der Waals surface area contributed by atoms with Crippen molar-refractivity contribution in [2.75, 3.05) is 13.1 Å². The minimum absolute atomic E-state index is 0.0814. The first-order valence-corrected chi connectivity index (χ1v) is 8.07. The molecule has 2 aromatic rings. The minimum atomic E-state index is -0.442. The molecule has 1 N–H and O–H groups in total. The van der Waals surface area contributed by atoms with E-state index in [2.05, 4.69) is 4.98 Å². The highest BCUT2D eigenvalue weighted by Crippen LogP contribution is 2.29. The third-order valence-corrected chi connectivity index (χ3v) is 4.96. The Morgan fingerprint density at radius 2 is 2.14 bits per heavy atom. The quantitative estimate of drug-likeness (QED) is 0.926. The van der Waals surface area contributed by atoms with Crippen molar-refractivity contribution in [2.45, 2.75) is 25.9 Å². The number of hydrogen-bond acceptors (Lipinski definition) is 4. The molecule has 0 bridgehead atoms. The maximum atomic E-state index is 13.0. The van der Waals surface area contributed by atoms with E-state index in [9.17, 15) is 14.3 Å². The van der Waals surface area contributed by atoms with Gasteiger partial charge in [0.1, 0.15) is 15.7 Å². The van der Waals surface area contributed by atoms with Gasteiger partial charge in [-0.25, -0.2) is 9.37 Å². The number of amides is 1. The van der Waals surface area contributed by atoms with E-state index in [1.165, 1.54) is 23.5 Å². The molecule has 1 fully saturated rings. The Kier molecular flexibility index (Phi) is 4.22. The Labute approximate surface area is 132 Å². The van der Waals surface area contributed by atoms with Crippen LogP contribution in [0.5, 0.6) is 0 Å². The number of β-amino-alcohol motifs (C(OH)–C–C–N with tert-alkyl or cyclic N) is 1. The molecule has 3 rings (SSSR count). The van der Waals surface area contributed by atoms with Gasteiger partial charge in [0.25, 0.3) is 5.91 Å². The Morgan fingerprint density at radius 1 is 1.41 bits per heavy atom. The van der Waals surface area contributed by atoms with Crippen LogP contribution in [0, 0.1) is 12.7 Å². The first kappa shape index (κ1) is 15.1. The fourth-order valence-electron chi connectivity index (χ4n) is 2.59. The SMILES string of the molecule is Cc1nc(-c2ccc(F)cc2)sc1C(=O)N1CCCC(O)C1. The molecule has 4 nitrogen and oxygen atoms in total. The standard InChI is InChI=1S/C16H17FN2O2S/c1-10-14(16(21)19-8-2-3-13(20)9-19)22-15(18-10)11-4-6-12(17)7-5-11/h4-7,13,20H,2-3,8-9H2,1H3. The number of aromatic nitrogens is 1. The molecule has 22 heavy (non-hydrogen) atoms. The summed E-state index contributed by atoms with van der Waals surface area (Å²) in [5, 5.41) is 10.4. The summed E-state index contributed by atoms with van der Waals surface area (Å²) in [6, 6.07) is 6.09. The Balaban J connectivity index is 1.85. The van der Waals surface area contributed by atoms with E-state index in [4.69, 9.17) is 0 Å². The van der Waals surface area contributed by atoms with Crippen molar-refractivity contribution in [1.29, 1.82) is 0 Å². The fraction of sp³-hybridized carbons (Fsp3) is 0.375. The summed E-state index contributed by atoms with van der Waals surface area (Å²) >= 11 is 1.32. The lowest BCUT2D eigenvalue weighted by Gasteiger charge is -2.29. The smallest absolute Gasteiger partial charge is 0.265 e. The number of carbonyl (C=O) groups excluding carboxylic acids is 1. The predicted molar refractivity (Wildman–Crippen MR) is 83.4 cm³/mol. The maximum absolute atomic E-state index is 13.0. The Bertz CT molecular complexity index is 684. The normalized spacial score (nSPS) is 18.5. The predicted octanol–water partition coefficient (Wildman–Crippen LogP) is 2.85. The molecule has 0 saturated carbocycles. The summed E-state index contributed by atoms with van der Waals surface area (Å²) in [6.07, 6.45) is 1.12. The molecule has 1 aliphatic heterocycles. The van der Waals surface area contributed by atoms with Gasteiger partial charge in [-0.15, -0.1) is 11.3 Å². The van der Waals surface area contributed by atoms with Crippen molar-refractivity contribution in [3.63, 3.8) is 0 Å². The van der Waals surface area contributed by atoms with Crippen molar-refractivity contribution in [2.24, 2.45) is 0 Å². The minimum Gasteiger partial charge on any atom is -0.391 e. The van der Waals surface area contributed by atoms with E-state index < -0.39 is 6.10 Å². The average molecular weight is 320 g/mol. The molecule has 1 aromatic carbocycles. The van der Waals surface area contributed by atoms with Gasteiger partial charge in [-0.3, -0.25) is 4.79 Å². The summed E-state index contributed by atoms with van der Waals surface area (Å²) in [6.45, 7) is 2.85. The van der Waals surface area contributed by atoms with Crippen LogP contribution in [0.4, 0.5) is 4.39 Å². The molecule has 1 atom stereocenters. The largest absolute Gasteiger partial charge is 0.391 e. The number of nitrogens with zero attached hydrogens (tertiary/aromatic N) is 2. The van der Waals surface area contributed by atoms with E-state index in [1.807, 2.05) is 0 Å². The summed E-state index contributed by atoms with van der Waals surface area (Å²) in [5.41, 5.74) is 1.47. The molecular weight excluding hydrogens is 303 g/mol. The zero-order valence-electron chi connectivity index (χ0n) is 12.3. The molecule has 1 aliphatic rings. The van der Waals surface area contributed by atoms with E-state index in [0.29, 0.717) is 28.7 Å². The summed E-state index contributed by atoms with van der Waals surface area (Å²) in [5.74, 6) is -0.377. The van der Waals surface area contributed by atoms with E-state index in [0.717, 1.165) is 18.4 Å². The second-order valence-corrected chi connectivity index (χ2v) is 6.49. The summed E-state index contributed by atoms with van der Waals surface area (Å²) < 4.78 is 13.0. The van der Waals surface area contributed by atoms with Gasteiger partial charge in [-0.1, -0.05) is 0 Å². The highest BCUT2D eigenvalue weighted by atomic mass is 32.1. The molecule has 6 heteroatoms. The topological polar surface area (TPSA) is 53.4 Å². The lowest BCUT2D eigenvalue weighted by molar-refractivity contribution is 0.0477. The molecule has 116 valence electrons. The van der Waals surface area contributed by atoms with Gasteiger partial charge in [0.05, 0.1) is 11.8 Å². The zero-order chi connectivity index (χ0) is 15.7. The van der Waals surface area contributed by atoms with E-state index in [-0.39, 0.29) is 11.7 Å². The monoisotopic (exact) mass is 320 g/mol. The molecule has 1 amide bonds. The van der Waals surface area contributed by atoms with Crippen LogP contribution in [0.25, 0.3) is 10.6 Å². The lowest BCUT2D eigenvalue weighted by atomic mass is 10.1. The van der Waals surface area contributed by atoms with E-state index in [1.54, 1.807) is 24.0 Å². The van der Waals surface area contributed by atoms with Crippen LogP contribution in [-0.4, -0.2) is 40.1 Å². The molecule has 0 radical (unpaired) electrons. The number of thiazole rings is 1.